The highest BCUT2D eigenvalue weighted by molar-refractivity contribution is 5.95. The lowest BCUT2D eigenvalue weighted by Gasteiger charge is -2.26. The van der Waals surface area contributed by atoms with Crippen molar-refractivity contribution in [3.63, 3.8) is 0 Å². The molecule has 2 atom stereocenters. The SMILES string of the molecule is CC(C)(C)OC(=O)C(C(=O)O)C(N)Nc1ccccc1N. The molecule has 2 unspecified atom stereocenters. The van der Waals surface area contributed by atoms with Crippen LogP contribution in [0.1, 0.15) is 20.8 Å². The summed E-state index contributed by atoms with van der Waals surface area (Å²) in [6.07, 6.45) is -1.16. The third kappa shape index (κ3) is 4.96. The molecular formula is C14H21N3O4. The minimum absolute atomic E-state index is 0.404. The lowest BCUT2D eigenvalue weighted by molar-refractivity contribution is -0.167. The largest absolute Gasteiger partial charge is 0.481 e. The van der Waals surface area contributed by atoms with Gasteiger partial charge >= 0.3 is 11.9 Å². The molecule has 1 aromatic rings. The first-order chi connectivity index (χ1) is 9.61. The van der Waals surface area contributed by atoms with Crippen molar-refractivity contribution in [2.24, 2.45) is 11.7 Å². The second kappa shape index (κ2) is 6.45. The maximum atomic E-state index is 12.0. The summed E-state index contributed by atoms with van der Waals surface area (Å²) in [4.78, 5) is 23.3. The van der Waals surface area contributed by atoms with Gasteiger partial charge in [-0.2, -0.15) is 0 Å². The van der Waals surface area contributed by atoms with Crippen molar-refractivity contribution in [1.82, 2.24) is 0 Å². The number of hydrogen-bond donors (Lipinski definition) is 4. The third-order valence-electron chi connectivity index (χ3n) is 2.57. The van der Waals surface area contributed by atoms with E-state index in [1.807, 2.05) is 0 Å². The van der Waals surface area contributed by atoms with Crippen LogP contribution in [0.3, 0.4) is 0 Å². The molecule has 0 aliphatic carbocycles. The molecule has 1 rings (SSSR count). The number of hydrogen-bond acceptors (Lipinski definition) is 6. The fourth-order valence-electron chi connectivity index (χ4n) is 1.66. The number of para-hydroxylation sites is 2. The number of carboxylic acid groups (broad SMARTS) is 1. The van der Waals surface area contributed by atoms with Crippen LogP contribution in [0.4, 0.5) is 11.4 Å². The lowest BCUT2D eigenvalue weighted by atomic mass is 10.1. The van der Waals surface area contributed by atoms with Gasteiger partial charge in [-0.1, -0.05) is 12.1 Å². The summed E-state index contributed by atoms with van der Waals surface area (Å²) >= 11 is 0. The number of nitrogens with one attached hydrogen (secondary N) is 1. The first-order valence-corrected chi connectivity index (χ1v) is 6.44. The van der Waals surface area contributed by atoms with Crippen molar-refractivity contribution < 1.29 is 19.4 Å². The van der Waals surface area contributed by atoms with Gasteiger partial charge in [0.05, 0.1) is 17.5 Å². The predicted molar refractivity (Wildman–Crippen MR) is 79.4 cm³/mol. The maximum absolute atomic E-state index is 12.0. The van der Waals surface area contributed by atoms with E-state index in [2.05, 4.69) is 5.32 Å². The topological polar surface area (TPSA) is 128 Å². The number of esters is 1. The number of carbonyl (C=O) groups excluding carboxylic acids is 1. The number of carboxylic acids is 1. The second-order valence-corrected chi connectivity index (χ2v) is 5.61. The van der Waals surface area contributed by atoms with Crippen molar-refractivity contribution in [3.05, 3.63) is 24.3 Å². The molecule has 0 aromatic heterocycles. The minimum Gasteiger partial charge on any atom is -0.481 e. The molecule has 21 heavy (non-hydrogen) atoms. The van der Waals surface area contributed by atoms with Crippen LogP contribution >= 0.6 is 0 Å². The zero-order chi connectivity index (χ0) is 16.2. The number of nitrogens with two attached hydrogens (primary N) is 2. The van der Waals surface area contributed by atoms with E-state index in [1.54, 1.807) is 45.0 Å². The van der Waals surface area contributed by atoms with Gasteiger partial charge in [0.25, 0.3) is 0 Å². The van der Waals surface area contributed by atoms with Gasteiger partial charge in [0, 0.05) is 0 Å². The Labute approximate surface area is 123 Å². The summed E-state index contributed by atoms with van der Waals surface area (Å²) < 4.78 is 5.08. The van der Waals surface area contributed by atoms with Crippen LogP contribution in [-0.4, -0.2) is 28.8 Å². The van der Waals surface area contributed by atoms with Gasteiger partial charge in [0.1, 0.15) is 5.60 Å². The fraction of sp³-hybridized carbons (Fsp3) is 0.429. The standard InChI is InChI=1S/C14H21N3O4/c1-14(2,3)21-13(20)10(12(18)19)11(16)17-9-7-5-4-6-8(9)15/h4-7,10-11,17H,15-16H2,1-3H3,(H,18,19). The Morgan fingerprint density at radius 1 is 1.29 bits per heavy atom. The molecular weight excluding hydrogens is 274 g/mol. The molecule has 7 nitrogen and oxygen atoms in total. The first kappa shape index (κ1) is 16.8. The molecule has 0 radical (unpaired) electrons. The van der Waals surface area contributed by atoms with E-state index in [-0.39, 0.29) is 0 Å². The molecule has 0 aliphatic rings. The normalized spacial score (nSPS) is 14.1. The summed E-state index contributed by atoms with van der Waals surface area (Å²) in [7, 11) is 0. The molecule has 0 amide bonds. The van der Waals surface area contributed by atoms with E-state index < -0.39 is 29.6 Å². The van der Waals surface area contributed by atoms with E-state index in [9.17, 15) is 14.7 Å². The average molecular weight is 295 g/mol. The van der Waals surface area contributed by atoms with Gasteiger partial charge in [-0.25, -0.2) is 0 Å². The summed E-state index contributed by atoms with van der Waals surface area (Å²) in [6, 6.07) is 6.73. The number of carbonyl (C=O) groups is 2. The van der Waals surface area contributed by atoms with Crippen LogP contribution in [-0.2, 0) is 14.3 Å². The van der Waals surface area contributed by atoms with Gasteiger partial charge in [-0.05, 0) is 32.9 Å². The maximum Gasteiger partial charge on any atom is 0.324 e. The highest BCUT2D eigenvalue weighted by Gasteiger charge is 2.36. The van der Waals surface area contributed by atoms with Crippen molar-refractivity contribution in [3.8, 4) is 0 Å². The molecule has 1 aromatic carbocycles. The molecule has 0 spiro atoms. The number of ether oxygens (including phenoxy) is 1. The molecule has 0 saturated carbocycles. The average Bonchev–Trinajstić information content (AvgIpc) is 2.29. The quantitative estimate of drug-likeness (QED) is 0.276. The molecule has 6 N–H and O–H groups in total. The van der Waals surface area contributed by atoms with Gasteiger partial charge in [0.2, 0.25) is 0 Å². The van der Waals surface area contributed by atoms with Crippen molar-refractivity contribution in [2.45, 2.75) is 32.5 Å². The van der Waals surface area contributed by atoms with Gasteiger partial charge < -0.3 is 26.6 Å². The van der Waals surface area contributed by atoms with E-state index in [0.717, 1.165) is 0 Å². The third-order valence-corrected chi connectivity index (χ3v) is 2.57. The summed E-state index contributed by atoms with van der Waals surface area (Å²) in [5.74, 6) is -3.80. The summed E-state index contributed by atoms with van der Waals surface area (Å²) in [6.45, 7) is 4.95. The lowest BCUT2D eigenvalue weighted by Crippen LogP contribution is -2.48. The van der Waals surface area contributed by atoms with E-state index in [0.29, 0.717) is 11.4 Å². The molecule has 7 heteroatoms. The van der Waals surface area contributed by atoms with Gasteiger partial charge in [-0.15, -0.1) is 0 Å². The zero-order valence-corrected chi connectivity index (χ0v) is 12.3. The molecule has 0 saturated heterocycles. The number of benzene rings is 1. The van der Waals surface area contributed by atoms with Crippen molar-refractivity contribution in [1.29, 1.82) is 0 Å². The Hall–Kier alpha value is -2.28. The second-order valence-electron chi connectivity index (χ2n) is 5.61. The van der Waals surface area contributed by atoms with E-state index in [1.165, 1.54) is 0 Å². The van der Waals surface area contributed by atoms with E-state index in [4.69, 9.17) is 16.2 Å². The fourth-order valence-corrected chi connectivity index (χ4v) is 1.66. The number of anilines is 2. The molecule has 116 valence electrons. The summed E-state index contributed by atoms with van der Waals surface area (Å²) in [5, 5.41) is 11.9. The highest BCUT2D eigenvalue weighted by atomic mass is 16.6. The molecule has 0 heterocycles. The Balaban J connectivity index is 2.88. The molecule has 0 bridgehead atoms. The smallest absolute Gasteiger partial charge is 0.324 e. The number of rotatable bonds is 5. The number of nitrogen functional groups attached to an aromatic ring is 1. The highest BCUT2D eigenvalue weighted by Crippen LogP contribution is 2.20. The van der Waals surface area contributed by atoms with Crippen LogP contribution in [0.5, 0.6) is 0 Å². The monoisotopic (exact) mass is 295 g/mol. The zero-order valence-electron chi connectivity index (χ0n) is 12.3. The molecule has 0 fully saturated rings. The number of aliphatic carboxylic acids is 1. The summed E-state index contributed by atoms with van der Waals surface area (Å²) in [5.41, 5.74) is 11.6. The molecule has 0 aliphatic heterocycles. The van der Waals surface area contributed by atoms with Crippen LogP contribution in [0, 0.1) is 5.92 Å². The van der Waals surface area contributed by atoms with Crippen molar-refractivity contribution in [2.75, 3.05) is 11.1 Å². The Kier molecular flexibility index (Phi) is 5.15. The Bertz CT molecular complexity index is 525. The van der Waals surface area contributed by atoms with E-state index >= 15 is 0 Å². The predicted octanol–water partition coefficient (Wildman–Crippen LogP) is 1.01. The van der Waals surface area contributed by atoms with Crippen LogP contribution in [0.25, 0.3) is 0 Å². The van der Waals surface area contributed by atoms with Crippen LogP contribution in [0.2, 0.25) is 0 Å². The Morgan fingerprint density at radius 3 is 2.33 bits per heavy atom. The first-order valence-electron chi connectivity index (χ1n) is 6.44. The van der Waals surface area contributed by atoms with Gasteiger partial charge in [-0.3, -0.25) is 9.59 Å². The minimum atomic E-state index is -1.54. The van der Waals surface area contributed by atoms with Gasteiger partial charge in [0.15, 0.2) is 5.92 Å². The van der Waals surface area contributed by atoms with Crippen LogP contribution in [0.15, 0.2) is 24.3 Å². The Morgan fingerprint density at radius 2 is 1.86 bits per heavy atom. The van der Waals surface area contributed by atoms with Crippen LogP contribution < -0.4 is 16.8 Å². The van der Waals surface area contributed by atoms with Crippen molar-refractivity contribution >= 4 is 23.3 Å².